The van der Waals surface area contributed by atoms with Gasteiger partial charge in [0.25, 0.3) is 0 Å². The Morgan fingerprint density at radius 3 is 2.25 bits per heavy atom. The molecule has 3 aromatic rings. The Balaban J connectivity index is 1.83. The molecule has 0 saturated carbocycles. The van der Waals surface area contributed by atoms with E-state index in [1.807, 2.05) is 30.3 Å². The molecule has 40 heavy (non-hydrogen) atoms. The van der Waals surface area contributed by atoms with Gasteiger partial charge in [-0.25, -0.2) is 9.18 Å². The number of nitrogens with two attached hydrogens (primary N) is 1. The van der Waals surface area contributed by atoms with Crippen molar-refractivity contribution in [2.75, 3.05) is 19.1 Å². The quantitative estimate of drug-likeness (QED) is 0.337. The number of esters is 2. The fourth-order valence-corrected chi connectivity index (χ4v) is 5.85. The first-order valence-electron chi connectivity index (χ1n) is 12.6. The van der Waals surface area contributed by atoms with Crippen molar-refractivity contribution in [1.82, 2.24) is 0 Å². The second-order valence-electron chi connectivity index (χ2n) is 9.54. The van der Waals surface area contributed by atoms with Gasteiger partial charge in [0.15, 0.2) is 5.78 Å². The molecule has 2 N–H and O–H groups in total. The minimum Gasteiger partial charge on any atom is -0.468 e. The fourth-order valence-electron chi connectivity index (χ4n) is 5.65. The number of methoxy groups -OCH3 is 2. The van der Waals surface area contributed by atoms with Crippen molar-refractivity contribution in [2.45, 2.75) is 18.3 Å². The summed E-state index contributed by atoms with van der Waals surface area (Å²) >= 11 is 6.33. The van der Waals surface area contributed by atoms with E-state index in [1.165, 1.54) is 38.5 Å². The third-order valence-electron chi connectivity index (χ3n) is 7.39. The zero-order valence-corrected chi connectivity index (χ0v) is 22.5. The minimum absolute atomic E-state index is 0.00275. The summed E-state index contributed by atoms with van der Waals surface area (Å²) in [5.74, 6) is -5.13. The maximum atomic E-state index is 14.5. The third kappa shape index (κ3) is 4.64. The van der Waals surface area contributed by atoms with Gasteiger partial charge in [-0.2, -0.15) is 0 Å². The van der Waals surface area contributed by atoms with Crippen molar-refractivity contribution in [1.29, 1.82) is 0 Å². The fraction of sp³-hybridized carbons (Fsp3) is 0.194. The van der Waals surface area contributed by atoms with Crippen LogP contribution in [-0.4, -0.2) is 31.9 Å². The van der Waals surface area contributed by atoms with Gasteiger partial charge in [-0.15, -0.1) is 0 Å². The van der Waals surface area contributed by atoms with Gasteiger partial charge >= 0.3 is 11.9 Å². The van der Waals surface area contributed by atoms with Crippen LogP contribution in [-0.2, 0) is 23.9 Å². The van der Waals surface area contributed by atoms with Crippen molar-refractivity contribution in [2.24, 2.45) is 11.7 Å². The SMILES string of the molecule is COC(=O)C1=C(N)N(c2ccc(F)cc2)C2=C(C(=O)[C@H](C(=O)OC)[C@H](c3ccccc3)C2)[C@H]1c1cccc(Cl)c1. The Labute approximate surface area is 235 Å². The number of ketones is 1. The number of hydrogen-bond donors (Lipinski definition) is 1. The number of Topliss-reactive ketones (excluding diaryl/α,β-unsaturated/α-hetero) is 1. The molecule has 0 fully saturated rings. The third-order valence-corrected chi connectivity index (χ3v) is 7.63. The van der Waals surface area contributed by atoms with Crippen LogP contribution in [0.2, 0.25) is 5.02 Å². The minimum atomic E-state index is -1.18. The molecule has 0 aromatic heterocycles. The lowest BCUT2D eigenvalue weighted by atomic mass is 9.67. The molecule has 0 bridgehead atoms. The van der Waals surface area contributed by atoms with Gasteiger partial charge in [0.05, 0.1) is 25.7 Å². The number of carbonyl (C=O) groups is 3. The summed E-state index contributed by atoms with van der Waals surface area (Å²) in [5, 5.41) is 0.387. The number of carbonyl (C=O) groups excluding carboxylic acids is 3. The number of hydrogen-bond acceptors (Lipinski definition) is 7. The van der Waals surface area contributed by atoms with E-state index in [4.69, 9.17) is 26.8 Å². The Morgan fingerprint density at radius 2 is 1.62 bits per heavy atom. The van der Waals surface area contributed by atoms with Crippen LogP contribution in [0.4, 0.5) is 10.1 Å². The molecule has 204 valence electrons. The molecule has 0 unspecified atom stereocenters. The van der Waals surface area contributed by atoms with Crippen LogP contribution in [0.1, 0.15) is 29.4 Å². The summed E-state index contributed by atoms with van der Waals surface area (Å²) in [4.78, 5) is 42.6. The lowest BCUT2D eigenvalue weighted by molar-refractivity contribution is -0.150. The summed E-state index contributed by atoms with van der Waals surface area (Å²) in [6.45, 7) is 0. The van der Waals surface area contributed by atoms with Gasteiger partial charge in [0.1, 0.15) is 17.6 Å². The van der Waals surface area contributed by atoms with Gasteiger partial charge < -0.3 is 15.2 Å². The topological polar surface area (TPSA) is 98.9 Å². The van der Waals surface area contributed by atoms with E-state index < -0.39 is 41.3 Å². The molecular weight excluding hydrogens is 535 g/mol. The summed E-state index contributed by atoms with van der Waals surface area (Å²) in [7, 11) is 2.45. The second-order valence-corrected chi connectivity index (χ2v) is 9.97. The molecular formula is C31H26ClFN2O5. The molecule has 0 spiro atoms. The number of nitrogens with zero attached hydrogens (tertiary/aromatic N) is 1. The van der Waals surface area contributed by atoms with Gasteiger partial charge in [-0.3, -0.25) is 14.5 Å². The second kappa shape index (κ2) is 11.0. The predicted molar refractivity (Wildman–Crippen MR) is 148 cm³/mol. The van der Waals surface area contributed by atoms with Crippen LogP contribution in [0, 0.1) is 11.7 Å². The van der Waals surface area contributed by atoms with E-state index in [0.717, 1.165) is 5.56 Å². The lowest BCUT2D eigenvalue weighted by Crippen LogP contribution is -2.46. The van der Waals surface area contributed by atoms with Gasteiger partial charge in [0.2, 0.25) is 0 Å². The number of anilines is 1. The first-order chi connectivity index (χ1) is 19.3. The van der Waals surface area contributed by atoms with Crippen molar-refractivity contribution in [3.63, 3.8) is 0 Å². The Kier molecular flexibility index (Phi) is 7.45. The van der Waals surface area contributed by atoms with E-state index in [-0.39, 0.29) is 23.4 Å². The normalized spacial score (nSPS) is 20.8. The zero-order chi connectivity index (χ0) is 28.6. The van der Waals surface area contributed by atoms with Crippen molar-refractivity contribution in [3.05, 3.63) is 123 Å². The average molecular weight is 561 g/mol. The maximum Gasteiger partial charge on any atom is 0.338 e. The average Bonchev–Trinajstić information content (AvgIpc) is 2.96. The molecule has 5 rings (SSSR count). The number of allylic oxidation sites excluding steroid dienone is 2. The summed E-state index contributed by atoms with van der Waals surface area (Å²) in [6.07, 6.45) is 0.203. The molecule has 3 atom stereocenters. The molecule has 1 aliphatic carbocycles. The van der Waals surface area contributed by atoms with E-state index in [9.17, 15) is 18.8 Å². The summed E-state index contributed by atoms with van der Waals surface area (Å²) in [5.41, 5.74) is 9.15. The van der Waals surface area contributed by atoms with E-state index in [0.29, 0.717) is 22.0 Å². The summed E-state index contributed by atoms with van der Waals surface area (Å²) < 4.78 is 24.2. The van der Waals surface area contributed by atoms with E-state index in [1.54, 1.807) is 29.2 Å². The molecule has 2 aliphatic rings. The molecule has 3 aromatic carbocycles. The lowest BCUT2D eigenvalue weighted by Gasteiger charge is -2.44. The smallest absolute Gasteiger partial charge is 0.338 e. The monoisotopic (exact) mass is 560 g/mol. The highest BCUT2D eigenvalue weighted by atomic mass is 35.5. The van der Waals surface area contributed by atoms with Crippen LogP contribution in [0.25, 0.3) is 0 Å². The van der Waals surface area contributed by atoms with Crippen LogP contribution in [0.5, 0.6) is 0 Å². The summed E-state index contributed by atoms with van der Waals surface area (Å²) in [6, 6.07) is 21.5. The Morgan fingerprint density at radius 1 is 0.950 bits per heavy atom. The van der Waals surface area contributed by atoms with Gasteiger partial charge in [-0.05, 0) is 53.9 Å². The van der Waals surface area contributed by atoms with Gasteiger partial charge in [-0.1, -0.05) is 54.1 Å². The number of benzene rings is 3. The van der Waals surface area contributed by atoms with Crippen LogP contribution >= 0.6 is 11.6 Å². The highest BCUT2D eigenvalue weighted by molar-refractivity contribution is 6.30. The Hall–Kier alpha value is -4.43. The highest BCUT2D eigenvalue weighted by Crippen LogP contribution is 2.51. The van der Waals surface area contributed by atoms with Gasteiger partial charge in [0, 0.05) is 27.9 Å². The van der Waals surface area contributed by atoms with Crippen molar-refractivity contribution >= 4 is 35.0 Å². The van der Waals surface area contributed by atoms with E-state index >= 15 is 0 Å². The Bertz CT molecular complexity index is 1550. The van der Waals surface area contributed by atoms with Crippen molar-refractivity contribution in [3.8, 4) is 0 Å². The highest BCUT2D eigenvalue weighted by Gasteiger charge is 2.51. The molecule has 0 radical (unpaired) electrons. The first kappa shape index (κ1) is 27.1. The molecule has 0 amide bonds. The molecule has 9 heteroatoms. The maximum absolute atomic E-state index is 14.5. The zero-order valence-electron chi connectivity index (χ0n) is 21.8. The number of rotatable bonds is 5. The van der Waals surface area contributed by atoms with Crippen LogP contribution < -0.4 is 10.6 Å². The largest absolute Gasteiger partial charge is 0.468 e. The molecule has 1 heterocycles. The number of ether oxygens (including phenoxy) is 2. The first-order valence-corrected chi connectivity index (χ1v) is 12.9. The van der Waals surface area contributed by atoms with E-state index in [2.05, 4.69) is 0 Å². The molecule has 7 nitrogen and oxygen atoms in total. The van der Waals surface area contributed by atoms with Crippen LogP contribution in [0.15, 0.2) is 102 Å². The van der Waals surface area contributed by atoms with Crippen LogP contribution in [0.3, 0.4) is 0 Å². The predicted octanol–water partition coefficient (Wildman–Crippen LogP) is 5.23. The standard InChI is InChI=1S/C31H26ClFN2O5/c1-39-30(37)25-22(17-7-4-3-5-8-17)16-23-26(28(25)36)24(18-9-6-10-19(32)15-18)27(31(38)40-2)29(34)35(23)21-13-11-20(33)12-14-21/h3-15,22,24-25H,16,34H2,1-2H3/t22-,24+,25+/m0/s1. The molecule has 1 aliphatic heterocycles. The molecule has 0 saturated heterocycles. The van der Waals surface area contributed by atoms with Crippen molar-refractivity contribution < 1.29 is 28.2 Å². The number of halogens is 2.